The summed E-state index contributed by atoms with van der Waals surface area (Å²) < 4.78 is 28.3. The van der Waals surface area contributed by atoms with Gasteiger partial charge >= 0.3 is 5.97 Å². The Hall–Kier alpha value is -0.680. The molecule has 3 saturated heterocycles. The SMILES string of the molecule is N[C@H](CO)[C@H]1O[C@@]2(O[C@H]3[C@H](OC4[C@@H](O)[C@H](N)C(O)[C@@H](N)[C@H]4O)O[C@H](CO)[C@H](O)[C@@H]3O2)[C@@H](O)[C@@H](O)[C@@H]1O. The van der Waals surface area contributed by atoms with Gasteiger partial charge in [0.05, 0.1) is 37.4 Å². The van der Waals surface area contributed by atoms with Crippen LogP contribution in [0.5, 0.6) is 0 Å². The van der Waals surface area contributed by atoms with Gasteiger partial charge in [0.15, 0.2) is 12.4 Å². The largest absolute Gasteiger partial charge is 0.395 e. The van der Waals surface area contributed by atoms with Crippen molar-refractivity contribution in [3.63, 3.8) is 0 Å². The Morgan fingerprint density at radius 3 is 1.89 bits per heavy atom. The molecule has 17 nitrogen and oxygen atoms in total. The van der Waals surface area contributed by atoms with E-state index in [1.165, 1.54) is 0 Å². The Kier molecular flexibility index (Phi) is 8.24. The maximum absolute atomic E-state index is 10.7. The highest BCUT2D eigenvalue weighted by atomic mass is 16.9. The van der Waals surface area contributed by atoms with Crippen molar-refractivity contribution in [2.24, 2.45) is 17.2 Å². The minimum absolute atomic E-state index is 0.679. The first-order valence-electron chi connectivity index (χ1n) is 11.5. The van der Waals surface area contributed by atoms with Crippen LogP contribution in [0.15, 0.2) is 0 Å². The van der Waals surface area contributed by atoms with E-state index >= 15 is 0 Å². The van der Waals surface area contributed by atoms with E-state index in [-0.39, 0.29) is 0 Å². The highest BCUT2D eigenvalue weighted by Gasteiger charge is 2.67. The van der Waals surface area contributed by atoms with Crippen molar-refractivity contribution in [3.05, 3.63) is 0 Å². The van der Waals surface area contributed by atoms with Gasteiger partial charge in [-0.2, -0.15) is 0 Å². The normalized spacial score (nSPS) is 56.5. The first kappa shape index (κ1) is 28.3. The standard InChI is InChI=1S/C19H35N3O14/c20-3(1-23)13-11(29)12(30)17(31)19(34-13)35-15-7(25)4(2-24)32-18(16(15)36-19)33-14-9(27)5(21)8(26)6(22)10(14)28/h3-18,23-31H,1-2,20-22H2/t3-,4-,5-,6-,7+,8?,9-,10+,11+,12+,13-,14?,15+,16-,17+,18+,19+/m1/s1. The maximum atomic E-state index is 10.7. The highest BCUT2D eigenvalue weighted by molar-refractivity contribution is 5.06. The Bertz CT molecular complexity index is 755. The fraction of sp³-hybridized carbons (Fsp3) is 1.00. The van der Waals surface area contributed by atoms with E-state index in [1.54, 1.807) is 0 Å². The molecule has 1 spiro atoms. The van der Waals surface area contributed by atoms with Crippen LogP contribution in [-0.2, 0) is 23.7 Å². The summed E-state index contributed by atoms with van der Waals surface area (Å²) in [5.74, 6) is -2.53. The first-order valence-corrected chi connectivity index (χ1v) is 11.5. The van der Waals surface area contributed by atoms with Gasteiger partial charge in [0.25, 0.3) is 0 Å². The Balaban J connectivity index is 1.63. The van der Waals surface area contributed by atoms with Gasteiger partial charge in [0.2, 0.25) is 0 Å². The van der Waals surface area contributed by atoms with E-state index in [0.29, 0.717) is 0 Å². The lowest BCUT2D eigenvalue weighted by atomic mass is 9.82. The van der Waals surface area contributed by atoms with Gasteiger partial charge in [-0.25, -0.2) is 0 Å². The van der Waals surface area contributed by atoms with Crippen LogP contribution >= 0.6 is 0 Å². The van der Waals surface area contributed by atoms with Crippen LogP contribution < -0.4 is 17.2 Å². The van der Waals surface area contributed by atoms with E-state index in [2.05, 4.69) is 0 Å². The molecule has 0 bridgehead atoms. The quantitative estimate of drug-likeness (QED) is 0.157. The number of nitrogens with two attached hydrogens (primary N) is 3. The monoisotopic (exact) mass is 529 g/mol. The second-order valence-electron chi connectivity index (χ2n) is 9.57. The molecule has 0 aromatic rings. The second-order valence-corrected chi connectivity index (χ2v) is 9.57. The zero-order valence-corrected chi connectivity index (χ0v) is 19.0. The average Bonchev–Trinajstić information content (AvgIpc) is 3.27. The van der Waals surface area contributed by atoms with Gasteiger partial charge in [0, 0.05) is 0 Å². The molecule has 17 atom stereocenters. The number of rotatable bonds is 5. The minimum Gasteiger partial charge on any atom is -0.395 e. The van der Waals surface area contributed by atoms with Crippen LogP contribution in [0.4, 0.5) is 0 Å². The Labute approximate surface area is 204 Å². The molecule has 3 aliphatic heterocycles. The van der Waals surface area contributed by atoms with Gasteiger partial charge < -0.3 is 86.8 Å². The third-order valence-electron chi connectivity index (χ3n) is 7.25. The Morgan fingerprint density at radius 1 is 0.750 bits per heavy atom. The zero-order chi connectivity index (χ0) is 26.7. The first-order chi connectivity index (χ1) is 16.9. The number of hydrogen-bond donors (Lipinski definition) is 12. The third kappa shape index (κ3) is 4.46. The van der Waals surface area contributed by atoms with Gasteiger partial charge in [-0.1, -0.05) is 0 Å². The molecular weight excluding hydrogens is 494 g/mol. The summed E-state index contributed by atoms with van der Waals surface area (Å²) in [6, 6.07) is -3.85. The zero-order valence-electron chi connectivity index (χ0n) is 19.0. The molecular formula is C19H35N3O14. The number of aliphatic hydroxyl groups excluding tert-OH is 9. The van der Waals surface area contributed by atoms with E-state index in [1.807, 2.05) is 0 Å². The molecule has 0 aromatic heterocycles. The van der Waals surface area contributed by atoms with Crippen molar-refractivity contribution in [1.82, 2.24) is 0 Å². The molecule has 4 fully saturated rings. The van der Waals surface area contributed by atoms with E-state index in [9.17, 15) is 46.0 Å². The second kappa shape index (κ2) is 10.5. The van der Waals surface area contributed by atoms with Gasteiger partial charge in [-0.15, -0.1) is 0 Å². The molecule has 15 N–H and O–H groups in total. The maximum Gasteiger partial charge on any atom is 0.314 e. The molecule has 4 rings (SSSR count). The van der Waals surface area contributed by atoms with Crippen LogP contribution in [-0.4, -0.2) is 163 Å². The van der Waals surface area contributed by atoms with Gasteiger partial charge in [0.1, 0.15) is 61.0 Å². The van der Waals surface area contributed by atoms with Crippen molar-refractivity contribution in [3.8, 4) is 0 Å². The molecule has 17 heteroatoms. The van der Waals surface area contributed by atoms with E-state index in [0.717, 1.165) is 0 Å². The van der Waals surface area contributed by atoms with Crippen molar-refractivity contribution >= 4 is 0 Å². The number of aliphatic hydroxyl groups is 9. The van der Waals surface area contributed by atoms with Crippen LogP contribution in [0.25, 0.3) is 0 Å². The summed E-state index contributed by atoms with van der Waals surface area (Å²) in [7, 11) is 0. The van der Waals surface area contributed by atoms with E-state index in [4.69, 9.17) is 40.9 Å². The fourth-order valence-electron chi connectivity index (χ4n) is 4.99. The van der Waals surface area contributed by atoms with E-state index < -0.39 is 117 Å². The van der Waals surface area contributed by atoms with Crippen LogP contribution in [0.3, 0.4) is 0 Å². The molecule has 4 aliphatic rings. The molecule has 1 saturated carbocycles. The summed E-state index contributed by atoms with van der Waals surface area (Å²) >= 11 is 0. The van der Waals surface area contributed by atoms with Crippen LogP contribution in [0.1, 0.15) is 0 Å². The minimum atomic E-state index is -2.53. The smallest absolute Gasteiger partial charge is 0.314 e. The predicted molar refractivity (Wildman–Crippen MR) is 111 cm³/mol. The Morgan fingerprint density at radius 2 is 1.33 bits per heavy atom. The van der Waals surface area contributed by atoms with Crippen molar-refractivity contribution < 1.29 is 69.6 Å². The van der Waals surface area contributed by atoms with Crippen molar-refractivity contribution in [1.29, 1.82) is 0 Å². The fourth-order valence-corrected chi connectivity index (χ4v) is 4.99. The number of ether oxygens (including phenoxy) is 5. The number of hydrogen-bond acceptors (Lipinski definition) is 17. The lowest BCUT2D eigenvalue weighted by Gasteiger charge is -2.47. The summed E-state index contributed by atoms with van der Waals surface area (Å²) in [4.78, 5) is 0. The van der Waals surface area contributed by atoms with Gasteiger partial charge in [-0.3, -0.25) is 0 Å². The molecule has 210 valence electrons. The van der Waals surface area contributed by atoms with Crippen LogP contribution in [0.2, 0.25) is 0 Å². The van der Waals surface area contributed by atoms with Crippen molar-refractivity contribution in [2.45, 2.75) is 104 Å². The third-order valence-corrected chi connectivity index (χ3v) is 7.25. The van der Waals surface area contributed by atoms with Gasteiger partial charge in [-0.05, 0) is 0 Å². The molecule has 0 amide bonds. The average molecular weight is 529 g/mol. The topological polar surface area (TPSA) is 306 Å². The summed E-state index contributed by atoms with van der Waals surface area (Å²) in [5, 5.41) is 92.2. The van der Waals surface area contributed by atoms with Crippen LogP contribution in [0, 0.1) is 0 Å². The summed E-state index contributed by atoms with van der Waals surface area (Å²) in [6.45, 7) is -1.42. The molecule has 0 aromatic carbocycles. The predicted octanol–water partition coefficient (Wildman–Crippen LogP) is -8.56. The number of fused-ring (bicyclic) bond motifs is 1. The molecule has 1 aliphatic carbocycles. The highest BCUT2D eigenvalue weighted by Crippen LogP contribution is 2.45. The molecule has 2 unspecified atom stereocenters. The van der Waals surface area contributed by atoms with Crippen molar-refractivity contribution in [2.75, 3.05) is 13.2 Å². The summed E-state index contributed by atoms with van der Waals surface area (Å²) in [6.07, 6.45) is -20.9. The lowest BCUT2D eigenvalue weighted by molar-refractivity contribution is -0.439. The molecule has 3 heterocycles. The summed E-state index contributed by atoms with van der Waals surface area (Å²) in [5.41, 5.74) is 17.3. The lowest BCUT2D eigenvalue weighted by Crippen LogP contribution is -2.71. The molecule has 36 heavy (non-hydrogen) atoms. The molecule has 0 radical (unpaired) electrons.